The second-order valence-corrected chi connectivity index (χ2v) is 5.95. The molecule has 0 unspecified atom stereocenters. The minimum atomic E-state index is -0.602. The van der Waals surface area contributed by atoms with Crippen molar-refractivity contribution in [1.82, 2.24) is 10.6 Å². The highest BCUT2D eigenvalue weighted by Gasteiger charge is 2.17. The molecule has 2 amide bonds. The number of benzene rings is 2. The van der Waals surface area contributed by atoms with Crippen LogP contribution in [-0.2, 0) is 9.59 Å². The maximum Gasteiger partial charge on any atom is 0.232 e. The fourth-order valence-corrected chi connectivity index (χ4v) is 2.20. The first-order chi connectivity index (χ1) is 13.3. The van der Waals surface area contributed by atoms with E-state index in [1.807, 2.05) is 38.1 Å². The third kappa shape index (κ3) is 8.16. The maximum atomic E-state index is 11.1. The first-order valence-electron chi connectivity index (χ1n) is 9.41. The molecule has 28 heavy (non-hydrogen) atoms. The van der Waals surface area contributed by atoms with E-state index in [2.05, 4.69) is 41.8 Å². The Bertz CT molecular complexity index is 734. The Morgan fingerprint density at radius 1 is 0.750 bits per heavy atom. The van der Waals surface area contributed by atoms with Crippen molar-refractivity contribution in [2.45, 2.75) is 34.6 Å². The third-order valence-electron chi connectivity index (χ3n) is 3.96. The molecule has 0 aliphatic heterocycles. The van der Waals surface area contributed by atoms with E-state index in [4.69, 9.17) is 0 Å². The van der Waals surface area contributed by atoms with Gasteiger partial charge in [0.1, 0.15) is 5.92 Å². The number of rotatable bonds is 4. The summed E-state index contributed by atoms with van der Waals surface area (Å²) in [5.74, 6) is -1.02. The first-order valence-corrected chi connectivity index (χ1v) is 9.41. The van der Waals surface area contributed by atoms with Gasteiger partial charge >= 0.3 is 0 Å². The number of ketones is 1. The molecule has 0 aromatic heterocycles. The average molecular weight is 385 g/mol. The number of nitrogens with one attached hydrogen (secondary N) is 2. The SMILES string of the molecule is CC.CC(=O)c1ccc(-c2ccc(C)cc2)cc1.CNC(=O)C(C)C(=O)NC. The van der Waals surface area contributed by atoms with Gasteiger partial charge < -0.3 is 10.6 Å². The van der Waals surface area contributed by atoms with Crippen LogP contribution in [0.2, 0.25) is 0 Å². The van der Waals surface area contributed by atoms with Crippen LogP contribution in [0.3, 0.4) is 0 Å². The van der Waals surface area contributed by atoms with E-state index in [9.17, 15) is 14.4 Å². The van der Waals surface area contributed by atoms with Crippen molar-refractivity contribution in [2.24, 2.45) is 5.92 Å². The lowest BCUT2D eigenvalue weighted by Gasteiger charge is -2.06. The fraction of sp³-hybridized carbons (Fsp3) is 0.348. The van der Waals surface area contributed by atoms with Crippen molar-refractivity contribution in [2.75, 3.05) is 14.1 Å². The van der Waals surface area contributed by atoms with Crippen LogP contribution >= 0.6 is 0 Å². The Morgan fingerprint density at radius 3 is 1.43 bits per heavy atom. The van der Waals surface area contributed by atoms with Crippen LogP contribution in [-0.4, -0.2) is 31.7 Å². The van der Waals surface area contributed by atoms with Gasteiger partial charge in [0.25, 0.3) is 0 Å². The molecule has 0 aliphatic rings. The Hall–Kier alpha value is -2.95. The molecule has 0 atom stereocenters. The summed E-state index contributed by atoms with van der Waals surface area (Å²) in [6.07, 6.45) is 0. The number of hydrogen-bond donors (Lipinski definition) is 2. The molecule has 0 spiro atoms. The molecule has 2 aromatic rings. The largest absolute Gasteiger partial charge is 0.358 e. The molecule has 0 saturated heterocycles. The van der Waals surface area contributed by atoms with E-state index < -0.39 is 5.92 Å². The van der Waals surface area contributed by atoms with Gasteiger partial charge in [0.05, 0.1) is 0 Å². The zero-order valence-corrected chi connectivity index (χ0v) is 17.9. The van der Waals surface area contributed by atoms with Crippen LogP contribution in [0, 0.1) is 12.8 Å². The number of hydrogen-bond acceptors (Lipinski definition) is 3. The van der Waals surface area contributed by atoms with Gasteiger partial charge in [-0.25, -0.2) is 0 Å². The fourth-order valence-electron chi connectivity index (χ4n) is 2.20. The smallest absolute Gasteiger partial charge is 0.232 e. The predicted octanol–water partition coefficient (Wildman–Crippen LogP) is 4.01. The van der Waals surface area contributed by atoms with E-state index in [-0.39, 0.29) is 17.6 Å². The molecule has 152 valence electrons. The summed E-state index contributed by atoms with van der Waals surface area (Å²) in [6.45, 7) is 9.21. The van der Waals surface area contributed by atoms with Crippen LogP contribution < -0.4 is 10.6 Å². The van der Waals surface area contributed by atoms with Gasteiger partial charge in [-0.2, -0.15) is 0 Å². The summed E-state index contributed by atoms with van der Waals surface area (Å²) in [4.78, 5) is 32.6. The van der Waals surface area contributed by atoms with Crippen LogP contribution in [0.5, 0.6) is 0 Å². The molecule has 0 aliphatic carbocycles. The van der Waals surface area contributed by atoms with E-state index in [0.717, 1.165) is 11.1 Å². The summed E-state index contributed by atoms with van der Waals surface area (Å²) in [7, 11) is 3.00. The Kier molecular flexibility index (Phi) is 11.9. The van der Waals surface area contributed by atoms with E-state index >= 15 is 0 Å². The molecule has 2 N–H and O–H groups in total. The van der Waals surface area contributed by atoms with Gasteiger partial charge in [-0.1, -0.05) is 67.9 Å². The predicted molar refractivity (Wildman–Crippen MR) is 115 cm³/mol. The molecule has 2 aromatic carbocycles. The quantitative estimate of drug-likeness (QED) is 0.618. The van der Waals surface area contributed by atoms with Crippen LogP contribution in [0.15, 0.2) is 48.5 Å². The van der Waals surface area contributed by atoms with Crippen molar-refractivity contribution in [3.05, 3.63) is 59.7 Å². The molecule has 2 rings (SSSR count). The van der Waals surface area contributed by atoms with Crippen molar-refractivity contribution < 1.29 is 14.4 Å². The summed E-state index contributed by atoms with van der Waals surface area (Å²) >= 11 is 0. The summed E-state index contributed by atoms with van der Waals surface area (Å²) < 4.78 is 0. The highest BCUT2D eigenvalue weighted by molar-refractivity contribution is 5.99. The number of aryl methyl sites for hydroxylation is 1. The lowest BCUT2D eigenvalue weighted by atomic mass is 10.0. The minimum Gasteiger partial charge on any atom is -0.358 e. The lowest BCUT2D eigenvalue weighted by Crippen LogP contribution is -2.36. The van der Waals surface area contributed by atoms with E-state index in [1.54, 1.807) is 13.8 Å². The molecule has 0 bridgehead atoms. The average Bonchev–Trinajstić information content (AvgIpc) is 2.74. The Labute approximate surface area is 168 Å². The van der Waals surface area contributed by atoms with Gasteiger partial charge in [0.15, 0.2) is 5.78 Å². The highest BCUT2D eigenvalue weighted by atomic mass is 16.2. The number of Topliss-reactive ketones (excluding diaryl/α,β-unsaturated/α-hetero) is 1. The van der Waals surface area contributed by atoms with Crippen molar-refractivity contribution in [3.8, 4) is 11.1 Å². The summed E-state index contributed by atoms with van der Waals surface area (Å²) in [5, 5.41) is 4.76. The lowest BCUT2D eigenvalue weighted by molar-refractivity contribution is -0.133. The van der Waals surface area contributed by atoms with Crippen molar-refractivity contribution in [1.29, 1.82) is 0 Å². The molecule has 5 heteroatoms. The monoisotopic (exact) mass is 384 g/mol. The molecule has 5 nitrogen and oxygen atoms in total. The summed E-state index contributed by atoms with van der Waals surface area (Å²) in [6, 6.07) is 16.1. The third-order valence-corrected chi connectivity index (χ3v) is 3.96. The standard InChI is InChI=1S/C15H14O.C6H12N2O2.C2H6/c1-11-3-5-14(6-4-11)15-9-7-13(8-10-15)12(2)16;1-4(5(9)7-2)6(10)8-3;1-2/h3-10H,1-2H3;4H,1-3H3,(H,7,9)(H,8,10);1-2H3. The topological polar surface area (TPSA) is 75.3 Å². The van der Waals surface area contributed by atoms with Crippen LogP contribution in [0.4, 0.5) is 0 Å². The molecular weight excluding hydrogens is 352 g/mol. The highest BCUT2D eigenvalue weighted by Crippen LogP contribution is 2.20. The number of carbonyl (C=O) groups is 3. The summed E-state index contributed by atoms with van der Waals surface area (Å²) in [5.41, 5.74) is 4.34. The van der Waals surface area contributed by atoms with Crippen molar-refractivity contribution >= 4 is 17.6 Å². The van der Waals surface area contributed by atoms with Crippen LogP contribution in [0.25, 0.3) is 11.1 Å². The molecule has 0 heterocycles. The van der Waals surface area contributed by atoms with Gasteiger partial charge in [-0.05, 0) is 31.9 Å². The second-order valence-electron chi connectivity index (χ2n) is 5.95. The van der Waals surface area contributed by atoms with Gasteiger partial charge in [0, 0.05) is 19.7 Å². The van der Waals surface area contributed by atoms with E-state index in [0.29, 0.717) is 0 Å². The van der Waals surface area contributed by atoms with E-state index in [1.165, 1.54) is 25.2 Å². The zero-order chi connectivity index (χ0) is 21.7. The molecule has 0 fully saturated rings. The first kappa shape index (κ1) is 25.1. The van der Waals surface area contributed by atoms with Crippen molar-refractivity contribution in [3.63, 3.8) is 0 Å². The van der Waals surface area contributed by atoms with Gasteiger partial charge in [0.2, 0.25) is 11.8 Å². The zero-order valence-electron chi connectivity index (χ0n) is 17.9. The maximum absolute atomic E-state index is 11.1. The minimum absolute atomic E-state index is 0.107. The Morgan fingerprint density at radius 2 is 1.11 bits per heavy atom. The molecule has 0 radical (unpaired) electrons. The molecular formula is C23H32N2O3. The van der Waals surface area contributed by atoms with Gasteiger partial charge in [-0.15, -0.1) is 0 Å². The normalized spacial score (nSPS) is 9.29. The van der Waals surface area contributed by atoms with Crippen LogP contribution in [0.1, 0.15) is 43.6 Å². The second kappa shape index (κ2) is 13.3. The Balaban J connectivity index is 0.000000528. The number of amides is 2. The van der Waals surface area contributed by atoms with Gasteiger partial charge in [-0.3, -0.25) is 14.4 Å². The number of carbonyl (C=O) groups excluding carboxylic acids is 3. The molecule has 0 saturated carbocycles.